The van der Waals surface area contributed by atoms with Crippen LogP contribution in [0.3, 0.4) is 0 Å². The first-order chi connectivity index (χ1) is 5.83. The van der Waals surface area contributed by atoms with Gasteiger partial charge in [0.15, 0.2) is 9.84 Å². The first-order valence-electron chi connectivity index (χ1n) is 3.90. The third-order valence-corrected chi connectivity index (χ3v) is 1.78. The van der Waals surface area contributed by atoms with Crippen molar-refractivity contribution in [3.63, 3.8) is 0 Å². The fourth-order valence-corrected chi connectivity index (χ4v) is 0.813. The van der Waals surface area contributed by atoms with E-state index in [1.165, 1.54) is 6.26 Å². The summed E-state index contributed by atoms with van der Waals surface area (Å²) in [5.74, 6) is 0.156. The van der Waals surface area contributed by atoms with Crippen molar-refractivity contribution in [3.05, 3.63) is 37.0 Å². The van der Waals surface area contributed by atoms with Gasteiger partial charge in [0.1, 0.15) is 0 Å². The highest BCUT2D eigenvalue weighted by Gasteiger charge is 1.93. The molecular weight excluding hydrogens is 184 g/mol. The molecule has 0 fully saturated rings. The summed E-state index contributed by atoms with van der Waals surface area (Å²) in [5.41, 5.74) is 1.02. The van der Waals surface area contributed by atoms with E-state index in [0.717, 1.165) is 5.57 Å². The lowest BCUT2D eigenvalue weighted by Crippen LogP contribution is -1.98. The predicted molar refractivity (Wildman–Crippen MR) is 59.5 cm³/mol. The minimum Gasteiger partial charge on any atom is -0.229 e. The summed E-state index contributed by atoms with van der Waals surface area (Å²) in [6.07, 6.45) is 6.28. The van der Waals surface area contributed by atoms with Crippen LogP contribution in [0, 0.1) is 0 Å². The summed E-state index contributed by atoms with van der Waals surface area (Å²) in [5, 5.41) is 0. The molecule has 13 heavy (non-hydrogen) atoms. The third kappa shape index (κ3) is 24.7. The summed E-state index contributed by atoms with van der Waals surface area (Å²) < 4.78 is 20.7. The molecule has 0 unspecified atom stereocenters. The molecule has 0 N–H and O–H groups in total. The maximum absolute atomic E-state index is 10.3. The Morgan fingerprint density at radius 3 is 1.92 bits per heavy atom. The van der Waals surface area contributed by atoms with Gasteiger partial charge in [-0.25, -0.2) is 8.42 Å². The van der Waals surface area contributed by atoms with Crippen molar-refractivity contribution >= 4 is 9.84 Å². The van der Waals surface area contributed by atoms with Crippen molar-refractivity contribution in [2.45, 2.75) is 13.8 Å². The molecule has 0 radical (unpaired) electrons. The normalized spacial score (nSPS) is 10.4. The zero-order valence-electron chi connectivity index (χ0n) is 8.58. The number of hydrogen-bond acceptors (Lipinski definition) is 2. The van der Waals surface area contributed by atoms with Gasteiger partial charge in [-0.2, -0.15) is 0 Å². The molecule has 0 aliphatic rings. The van der Waals surface area contributed by atoms with E-state index in [1.54, 1.807) is 25.2 Å². The van der Waals surface area contributed by atoms with Gasteiger partial charge in [-0.1, -0.05) is 37.0 Å². The van der Waals surface area contributed by atoms with Gasteiger partial charge in [-0.15, -0.1) is 0 Å². The number of allylic oxidation sites excluding steroid dienone is 3. The van der Waals surface area contributed by atoms with Crippen LogP contribution in [0.4, 0.5) is 0 Å². The lowest BCUT2D eigenvalue weighted by atomic mass is 10.4. The molecule has 0 aliphatic heterocycles. The monoisotopic (exact) mass is 202 g/mol. The minimum absolute atomic E-state index is 0.156. The van der Waals surface area contributed by atoms with Crippen LogP contribution < -0.4 is 0 Å². The first kappa shape index (κ1) is 14.7. The van der Waals surface area contributed by atoms with E-state index >= 15 is 0 Å². The van der Waals surface area contributed by atoms with E-state index < -0.39 is 9.84 Å². The summed E-state index contributed by atoms with van der Waals surface area (Å²) >= 11 is 0. The highest BCUT2D eigenvalue weighted by molar-refractivity contribution is 7.90. The van der Waals surface area contributed by atoms with Crippen molar-refractivity contribution in [1.29, 1.82) is 0 Å². The van der Waals surface area contributed by atoms with Crippen LogP contribution in [0.2, 0.25) is 0 Å². The molecule has 0 aromatic carbocycles. The van der Waals surface area contributed by atoms with Crippen LogP contribution in [0.1, 0.15) is 13.8 Å². The third-order valence-electron chi connectivity index (χ3n) is 0.983. The van der Waals surface area contributed by atoms with E-state index in [0.29, 0.717) is 0 Å². The molecule has 0 amide bonds. The van der Waals surface area contributed by atoms with Gasteiger partial charge in [0.05, 0.1) is 5.75 Å². The van der Waals surface area contributed by atoms with Crippen LogP contribution in [0.15, 0.2) is 37.0 Å². The summed E-state index contributed by atoms with van der Waals surface area (Å²) in [4.78, 5) is 0. The predicted octanol–water partition coefficient (Wildman–Crippen LogP) is 2.36. The Bertz CT molecular complexity index is 271. The lowest BCUT2D eigenvalue weighted by Gasteiger charge is -1.85. The van der Waals surface area contributed by atoms with Crippen LogP contribution in [-0.4, -0.2) is 20.4 Å². The standard InChI is InChI=1S/C5H10O2S.C5H8/c1-3-4-5-8(2,6)7;1-4-5(2)3/h3-4H,5H2,1-2H3;4H,1-2H2,3H3/b4-3-;. The second-order valence-electron chi connectivity index (χ2n) is 2.71. The molecule has 0 rings (SSSR count). The van der Waals surface area contributed by atoms with Crippen molar-refractivity contribution in [2.24, 2.45) is 0 Å². The highest BCUT2D eigenvalue weighted by atomic mass is 32.2. The Labute approximate surface area is 81.6 Å². The second-order valence-corrected chi connectivity index (χ2v) is 4.90. The maximum Gasteiger partial charge on any atom is 0.150 e. The number of hydrogen-bond donors (Lipinski definition) is 0. The largest absolute Gasteiger partial charge is 0.229 e. The van der Waals surface area contributed by atoms with Crippen LogP contribution in [-0.2, 0) is 9.84 Å². The van der Waals surface area contributed by atoms with Gasteiger partial charge in [-0.05, 0) is 13.8 Å². The first-order valence-corrected chi connectivity index (χ1v) is 5.96. The van der Waals surface area contributed by atoms with Crippen LogP contribution in [0.25, 0.3) is 0 Å². The Morgan fingerprint density at radius 2 is 1.85 bits per heavy atom. The van der Waals surface area contributed by atoms with Gasteiger partial charge >= 0.3 is 0 Å². The summed E-state index contributed by atoms with van der Waals surface area (Å²) in [6, 6.07) is 0. The van der Waals surface area contributed by atoms with Gasteiger partial charge in [0.2, 0.25) is 0 Å². The zero-order valence-corrected chi connectivity index (χ0v) is 9.39. The van der Waals surface area contributed by atoms with E-state index in [9.17, 15) is 8.42 Å². The van der Waals surface area contributed by atoms with Crippen LogP contribution >= 0.6 is 0 Å². The van der Waals surface area contributed by atoms with Crippen molar-refractivity contribution in [3.8, 4) is 0 Å². The average molecular weight is 202 g/mol. The van der Waals surface area contributed by atoms with Gasteiger partial charge < -0.3 is 0 Å². The smallest absolute Gasteiger partial charge is 0.150 e. The van der Waals surface area contributed by atoms with E-state index in [2.05, 4.69) is 13.2 Å². The summed E-state index contributed by atoms with van der Waals surface area (Å²) in [6.45, 7) is 10.7. The Balaban J connectivity index is 0. The Hall–Kier alpha value is -0.830. The highest BCUT2D eigenvalue weighted by Crippen LogP contribution is 1.82. The van der Waals surface area contributed by atoms with E-state index in [-0.39, 0.29) is 5.75 Å². The molecule has 0 bridgehead atoms. The van der Waals surface area contributed by atoms with Crippen molar-refractivity contribution in [1.82, 2.24) is 0 Å². The molecule has 0 aliphatic carbocycles. The molecule has 0 saturated carbocycles. The molecular formula is C10H18O2S. The topological polar surface area (TPSA) is 34.1 Å². The lowest BCUT2D eigenvalue weighted by molar-refractivity contribution is 0.604. The minimum atomic E-state index is -2.77. The van der Waals surface area contributed by atoms with E-state index in [4.69, 9.17) is 0 Å². The van der Waals surface area contributed by atoms with Crippen molar-refractivity contribution < 1.29 is 8.42 Å². The summed E-state index contributed by atoms with van der Waals surface area (Å²) in [7, 11) is -2.77. The zero-order chi connectivity index (χ0) is 10.9. The Kier molecular flexibility index (Phi) is 8.81. The number of rotatable bonds is 3. The van der Waals surface area contributed by atoms with Gasteiger partial charge in [0.25, 0.3) is 0 Å². The SMILES string of the molecule is C/C=C\CS(C)(=O)=O.C=CC(=C)C. The molecule has 0 spiro atoms. The Morgan fingerprint density at radius 1 is 1.46 bits per heavy atom. The molecule has 2 nitrogen and oxygen atoms in total. The van der Waals surface area contributed by atoms with Gasteiger partial charge in [-0.3, -0.25) is 0 Å². The maximum atomic E-state index is 10.3. The molecule has 0 saturated heterocycles. The van der Waals surface area contributed by atoms with E-state index in [1.807, 2.05) is 6.92 Å². The fourth-order valence-electron chi connectivity index (χ4n) is 0.271. The quantitative estimate of drug-likeness (QED) is 0.520. The van der Waals surface area contributed by atoms with Gasteiger partial charge in [0, 0.05) is 6.26 Å². The van der Waals surface area contributed by atoms with Crippen molar-refractivity contribution in [2.75, 3.05) is 12.0 Å². The van der Waals surface area contributed by atoms with Crippen LogP contribution in [0.5, 0.6) is 0 Å². The molecule has 0 atom stereocenters. The average Bonchev–Trinajstić information content (AvgIpc) is 2.00. The molecule has 3 heteroatoms. The molecule has 0 aromatic rings. The molecule has 0 aromatic heterocycles. The fraction of sp³-hybridized carbons (Fsp3) is 0.400. The second kappa shape index (κ2) is 7.80. The molecule has 76 valence electrons. The number of sulfone groups is 1. The molecule has 0 heterocycles.